The highest BCUT2D eigenvalue weighted by Gasteiger charge is 2.22. The van der Waals surface area contributed by atoms with E-state index in [9.17, 15) is 0 Å². The number of piperidine rings is 1. The number of anilines is 1. The highest BCUT2D eigenvalue weighted by Crippen LogP contribution is 2.26. The lowest BCUT2D eigenvalue weighted by Crippen LogP contribution is -2.35. The number of hydrogen-bond donors (Lipinski definition) is 1. The molecule has 1 unspecified atom stereocenters. The Balaban J connectivity index is 2.10. The third-order valence-corrected chi connectivity index (χ3v) is 4.41. The second kappa shape index (κ2) is 6.49. The van der Waals surface area contributed by atoms with E-state index in [1.807, 2.05) is 6.92 Å². The van der Waals surface area contributed by atoms with Crippen LogP contribution in [0.3, 0.4) is 0 Å². The predicted octanol–water partition coefficient (Wildman–Crippen LogP) is 3.49. The summed E-state index contributed by atoms with van der Waals surface area (Å²) >= 11 is 6.27. The van der Waals surface area contributed by atoms with Crippen molar-refractivity contribution in [3.63, 3.8) is 0 Å². The van der Waals surface area contributed by atoms with Gasteiger partial charge in [-0.1, -0.05) is 32.4 Å². The summed E-state index contributed by atoms with van der Waals surface area (Å²) in [5.74, 6) is 2.35. The summed E-state index contributed by atoms with van der Waals surface area (Å²) in [5, 5.41) is 4.05. The number of likely N-dealkylation sites (tertiary alicyclic amines) is 1. The molecule has 5 heteroatoms. The topological polar surface area (TPSA) is 41.1 Å². The molecule has 2 rings (SSSR count). The maximum atomic E-state index is 6.27. The molecule has 1 fully saturated rings. The molecule has 0 amide bonds. The minimum absolute atomic E-state index is 0.0984. The monoisotopic (exact) mass is 310 g/mol. The Morgan fingerprint density at radius 1 is 1.33 bits per heavy atom. The van der Waals surface area contributed by atoms with Crippen molar-refractivity contribution in [2.75, 3.05) is 32.0 Å². The second-order valence-corrected chi connectivity index (χ2v) is 7.57. The van der Waals surface area contributed by atoms with Gasteiger partial charge in [0.05, 0.1) is 0 Å². The second-order valence-electron chi connectivity index (χ2n) is 7.21. The van der Waals surface area contributed by atoms with E-state index in [0.29, 0.717) is 11.1 Å². The number of rotatable bonds is 3. The van der Waals surface area contributed by atoms with Gasteiger partial charge in [-0.05, 0) is 39.3 Å². The van der Waals surface area contributed by atoms with Gasteiger partial charge in [0.2, 0.25) is 0 Å². The summed E-state index contributed by atoms with van der Waals surface area (Å²) in [7, 11) is 2.19. The molecule has 118 valence electrons. The zero-order valence-electron chi connectivity index (χ0n) is 13.8. The quantitative estimate of drug-likeness (QED) is 0.868. The number of nitrogens with zero attached hydrogens (tertiary/aromatic N) is 3. The minimum atomic E-state index is -0.0984. The van der Waals surface area contributed by atoms with E-state index in [1.165, 1.54) is 19.4 Å². The maximum Gasteiger partial charge on any atom is 0.137 e. The Morgan fingerprint density at radius 3 is 2.67 bits per heavy atom. The first-order valence-electron chi connectivity index (χ1n) is 7.74. The molecule has 2 heterocycles. The fraction of sp³-hybridized carbons (Fsp3) is 0.750. The molecule has 4 nitrogen and oxygen atoms in total. The number of nitrogens with one attached hydrogen (secondary N) is 1. The Bertz CT molecular complexity index is 496. The third-order valence-electron chi connectivity index (χ3n) is 4.04. The van der Waals surface area contributed by atoms with Crippen LogP contribution in [-0.4, -0.2) is 41.5 Å². The molecule has 0 saturated carbocycles. The van der Waals surface area contributed by atoms with Crippen LogP contribution in [0, 0.1) is 12.8 Å². The number of halogens is 1. The molecule has 21 heavy (non-hydrogen) atoms. The molecular weight excluding hydrogens is 284 g/mol. The van der Waals surface area contributed by atoms with E-state index in [2.05, 4.69) is 48.0 Å². The summed E-state index contributed by atoms with van der Waals surface area (Å²) in [6.45, 7) is 11.6. The van der Waals surface area contributed by atoms with Gasteiger partial charge in [-0.15, -0.1) is 0 Å². The van der Waals surface area contributed by atoms with E-state index in [-0.39, 0.29) is 5.41 Å². The Kier molecular flexibility index (Phi) is 5.10. The standard InChI is InChI=1S/C16H27ClN4/c1-11-13(17)19-15(16(2,3)4)20-14(11)18-9-12-7-6-8-21(5)10-12/h12H,6-10H2,1-5H3,(H,18,19,20). The van der Waals surface area contributed by atoms with Crippen LogP contribution in [0.25, 0.3) is 0 Å². The van der Waals surface area contributed by atoms with Gasteiger partial charge in [0, 0.05) is 24.1 Å². The van der Waals surface area contributed by atoms with Gasteiger partial charge in [-0.25, -0.2) is 9.97 Å². The first-order valence-corrected chi connectivity index (χ1v) is 8.12. The fourth-order valence-corrected chi connectivity index (χ4v) is 2.85. The zero-order valence-corrected chi connectivity index (χ0v) is 14.6. The number of hydrogen-bond acceptors (Lipinski definition) is 4. The molecular formula is C16H27ClN4. The van der Waals surface area contributed by atoms with Crippen LogP contribution in [0.4, 0.5) is 5.82 Å². The summed E-state index contributed by atoms with van der Waals surface area (Å²) in [6, 6.07) is 0. The normalized spacial score (nSPS) is 20.6. The molecule has 1 aromatic rings. The van der Waals surface area contributed by atoms with E-state index >= 15 is 0 Å². The van der Waals surface area contributed by atoms with Crippen LogP contribution in [0.5, 0.6) is 0 Å². The number of aromatic nitrogens is 2. The Morgan fingerprint density at radius 2 is 2.05 bits per heavy atom. The van der Waals surface area contributed by atoms with E-state index < -0.39 is 0 Å². The average Bonchev–Trinajstić information content (AvgIpc) is 2.39. The van der Waals surface area contributed by atoms with Crippen molar-refractivity contribution in [1.29, 1.82) is 0 Å². The largest absolute Gasteiger partial charge is 0.369 e. The van der Waals surface area contributed by atoms with Gasteiger partial charge in [0.25, 0.3) is 0 Å². The van der Waals surface area contributed by atoms with E-state index in [1.54, 1.807) is 0 Å². The molecule has 1 atom stereocenters. The van der Waals surface area contributed by atoms with Crippen molar-refractivity contribution < 1.29 is 0 Å². The van der Waals surface area contributed by atoms with Crippen LogP contribution < -0.4 is 5.32 Å². The van der Waals surface area contributed by atoms with Gasteiger partial charge in [-0.2, -0.15) is 0 Å². The highest BCUT2D eigenvalue weighted by molar-refractivity contribution is 6.30. The Labute approximate surface area is 133 Å². The van der Waals surface area contributed by atoms with Gasteiger partial charge in [-0.3, -0.25) is 0 Å². The van der Waals surface area contributed by atoms with Crippen molar-refractivity contribution in [1.82, 2.24) is 14.9 Å². The summed E-state index contributed by atoms with van der Waals surface area (Å²) in [5.41, 5.74) is 0.840. The lowest BCUT2D eigenvalue weighted by atomic mass is 9.95. The highest BCUT2D eigenvalue weighted by atomic mass is 35.5. The van der Waals surface area contributed by atoms with Crippen molar-refractivity contribution in [2.24, 2.45) is 5.92 Å². The molecule has 1 aliphatic rings. The summed E-state index contributed by atoms with van der Waals surface area (Å²) in [4.78, 5) is 11.5. The third kappa shape index (κ3) is 4.30. The van der Waals surface area contributed by atoms with Gasteiger partial charge >= 0.3 is 0 Å². The molecule has 0 spiro atoms. The molecule has 0 aromatic carbocycles. The van der Waals surface area contributed by atoms with E-state index in [4.69, 9.17) is 11.6 Å². The van der Waals surface area contributed by atoms with Crippen molar-refractivity contribution >= 4 is 17.4 Å². The maximum absolute atomic E-state index is 6.27. The van der Waals surface area contributed by atoms with Crippen LogP contribution in [0.1, 0.15) is 45.0 Å². The molecule has 1 aliphatic heterocycles. The first kappa shape index (κ1) is 16.5. The first-order chi connectivity index (χ1) is 9.77. The van der Waals surface area contributed by atoms with Crippen LogP contribution in [0.15, 0.2) is 0 Å². The lowest BCUT2D eigenvalue weighted by molar-refractivity contribution is 0.217. The Hall–Kier alpha value is -0.870. The van der Waals surface area contributed by atoms with Crippen LogP contribution in [-0.2, 0) is 5.41 Å². The minimum Gasteiger partial charge on any atom is -0.369 e. The zero-order chi connectivity index (χ0) is 15.6. The summed E-state index contributed by atoms with van der Waals surface area (Å²) in [6.07, 6.45) is 2.56. The molecule has 1 aromatic heterocycles. The average molecular weight is 311 g/mol. The molecule has 0 radical (unpaired) electrons. The van der Waals surface area contributed by atoms with Crippen molar-refractivity contribution in [3.05, 3.63) is 16.5 Å². The van der Waals surface area contributed by atoms with E-state index in [0.717, 1.165) is 30.3 Å². The molecule has 0 aliphatic carbocycles. The van der Waals surface area contributed by atoms with Gasteiger partial charge < -0.3 is 10.2 Å². The fourth-order valence-electron chi connectivity index (χ4n) is 2.68. The van der Waals surface area contributed by atoms with Crippen molar-refractivity contribution in [2.45, 2.75) is 46.0 Å². The van der Waals surface area contributed by atoms with Crippen LogP contribution >= 0.6 is 11.6 Å². The van der Waals surface area contributed by atoms with Gasteiger partial charge in [0.1, 0.15) is 16.8 Å². The lowest BCUT2D eigenvalue weighted by Gasteiger charge is -2.30. The molecule has 1 N–H and O–H groups in total. The SMILES string of the molecule is Cc1c(Cl)nc(C(C)(C)C)nc1NCC1CCCN(C)C1. The molecule has 1 saturated heterocycles. The summed E-state index contributed by atoms with van der Waals surface area (Å²) < 4.78 is 0. The smallest absolute Gasteiger partial charge is 0.137 e. The molecule has 0 bridgehead atoms. The van der Waals surface area contributed by atoms with Crippen LogP contribution in [0.2, 0.25) is 5.15 Å². The predicted molar refractivity (Wildman–Crippen MR) is 89.2 cm³/mol. The van der Waals surface area contributed by atoms with Gasteiger partial charge in [0.15, 0.2) is 0 Å². The van der Waals surface area contributed by atoms with Crippen molar-refractivity contribution in [3.8, 4) is 0 Å².